The maximum atomic E-state index is 11.9. The Balaban J connectivity index is 1.70. The summed E-state index contributed by atoms with van der Waals surface area (Å²) < 4.78 is 0. The molecule has 2 fully saturated rings. The van der Waals surface area contributed by atoms with Crippen LogP contribution in [0, 0.1) is 5.92 Å². The van der Waals surface area contributed by atoms with Gasteiger partial charge in [-0.05, 0) is 52.1 Å². The van der Waals surface area contributed by atoms with Gasteiger partial charge < -0.3 is 15.1 Å². The molecule has 1 amide bonds. The highest BCUT2D eigenvalue weighted by molar-refractivity contribution is 5.78. The molecule has 0 aromatic carbocycles. The molecule has 2 saturated heterocycles. The number of carbonyl (C=O) groups excluding carboxylic acids is 1. The highest BCUT2D eigenvalue weighted by atomic mass is 16.2. The van der Waals surface area contributed by atoms with Crippen LogP contribution >= 0.6 is 0 Å². The highest BCUT2D eigenvalue weighted by Gasteiger charge is 2.24. The molecule has 2 heterocycles. The largest absolute Gasteiger partial charge is 0.342 e. The third kappa shape index (κ3) is 3.69. The second kappa shape index (κ2) is 6.53. The Morgan fingerprint density at radius 1 is 1.28 bits per heavy atom. The fraction of sp³-hybridized carbons (Fsp3) is 0.929. The zero-order chi connectivity index (χ0) is 13.0. The summed E-state index contributed by atoms with van der Waals surface area (Å²) in [6.45, 7) is 7.03. The van der Waals surface area contributed by atoms with Gasteiger partial charge in [0.2, 0.25) is 5.91 Å². The number of rotatable bonds is 4. The molecule has 0 aromatic rings. The molecule has 4 heteroatoms. The number of likely N-dealkylation sites (tertiary alicyclic amines) is 2. The summed E-state index contributed by atoms with van der Waals surface area (Å²) in [6, 6.07) is 0.444. The van der Waals surface area contributed by atoms with E-state index in [0.29, 0.717) is 18.5 Å². The van der Waals surface area contributed by atoms with Gasteiger partial charge >= 0.3 is 0 Å². The summed E-state index contributed by atoms with van der Waals surface area (Å²) in [5.41, 5.74) is 0. The molecule has 0 saturated carbocycles. The first kappa shape index (κ1) is 13.8. The molecule has 104 valence electrons. The van der Waals surface area contributed by atoms with E-state index in [1.165, 1.54) is 32.2 Å². The Morgan fingerprint density at radius 2 is 2.00 bits per heavy atom. The Morgan fingerprint density at radius 3 is 2.67 bits per heavy atom. The van der Waals surface area contributed by atoms with Crippen molar-refractivity contribution < 1.29 is 4.79 Å². The van der Waals surface area contributed by atoms with E-state index in [0.717, 1.165) is 19.6 Å². The van der Waals surface area contributed by atoms with Crippen LogP contribution in [0.2, 0.25) is 0 Å². The number of amides is 1. The zero-order valence-corrected chi connectivity index (χ0v) is 11.8. The molecule has 0 spiro atoms. The van der Waals surface area contributed by atoms with Gasteiger partial charge in [-0.1, -0.05) is 0 Å². The van der Waals surface area contributed by atoms with Gasteiger partial charge in [-0.3, -0.25) is 4.79 Å². The summed E-state index contributed by atoms with van der Waals surface area (Å²) in [5, 5.41) is 3.43. The number of hydrogen-bond donors (Lipinski definition) is 1. The van der Waals surface area contributed by atoms with E-state index in [1.54, 1.807) is 0 Å². The summed E-state index contributed by atoms with van der Waals surface area (Å²) in [7, 11) is 2.19. The van der Waals surface area contributed by atoms with Crippen LogP contribution in [-0.2, 0) is 4.79 Å². The zero-order valence-electron chi connectivity index (χ0n) is 11.8. The van der Waals surface area contributed by atoms with Crippen molar-refractivity contribution in [1.82, 2.24) is 15.1 Å². The van der Waals surface area contributed by atoms with Gasteiger partial charge in [0.25, 0.3) is 0 Å². The van der Waals surface area contributed by atoms with Gasteiger partial charge in [-0.15, -0.1) is 0 Å². The van der Waals surface area contributed by atoms with Crippen LogP contribution in [0.4, 0.5) is 0 Å². The Bertz CT molecular complexity index is 276. The molecular formula is C14H27N3O. The van der Waals surface area contributed by atoms with Crippen LogP contribution in [0.25, 0.3) is 0 Å². The number of nitrogens with zero attached hydrogens (tertiary/aromatic N) is 2. The van der Waals surface area contributed by atoms with Crippen molar-refractivity contribution >= 4 is 5.91 Å². The van der Waals surface area contributed by atoms with E-state index in [4.69, 9.17) is 0 Å². The smallest absolute Gasteiger partial charge is 0.236 e. The van der Waals surface area contributed by atoms with Crippen molar-refractivity contribution in [3.8, 4) is 0 Å². The standard InChI is InChI=1S/C14H27N3O/c1-12(13-6-5-7-16(2)11-13)15-10-14(18)17-8-3-4-9-17/h12-13,15H,3-11H2,1-2H3. The molecule has 4 nitrogen and oxygen atoms in total. The lowest BCUT2D eigenvalue weighted by atomic mass is 9.92. The van der Waals surface area contributed by atoms with Crippen LogP contribution in [0.3, 0.4) is 0 Å². The van der Waals surface area contributed by atoms with Crippen molar-refractivity contribution in [2.45, 2.75) is 38.6 Å². The fourth-order valence-corrected chi connectivity index (χ4v) is 3.11. The summed E-state index contributed by atoms with van der Waals surface area (Å²) in [4.78, 5) is 16.3. The van der Waals surface area contributed by atoms with Crippen molar-refractivity contribution in [1.29, 1.82) is 0 Å². The highest BCUT2D eigenvalue weighted by Crippen LogP contribution is 2.18. The minimum Gasteiger partial charge on any atom is -0.342 e. The summed E-state index contributed by atoms with van der Waals surface area (Å²) in [6.07, 6.45) is 4.92. The molecular weight excluding hydrogens is 226 g/mol. The summed E-state index contributed by atoms with van der Waals surface area (Å²) >= 11 is 0. The second-order valence-corrected chi connectivity index (χ2v) is 5.92. The van der Waals surface area contributed by atoms with Gasteiger partial charge in [-0.25, -0.2) is 0 Å². The number of piperidine rings is 1. The molecule has 0 radical (unpaired) electrons. The lowest BCUT2D eigenvalue weighted by Gasteiger charge is -2.34. The monoisotopic (exact) mass is 253 g/mol. The van der Waals surface area contributed by atoms with E-state index in [2.05, 4.69) is 24.2 Å². The molecule has 2 unspecified atom stereocenters. The Kier molecular flexibility index (Phi) is 5.01. The predicted molar refractivity (Wildman–Crippen MR) is 73.5 cm³/mol. The van der Waals surface area contributed by atoms with Gasteiger partial charge in [0, 0.05) is 25.7 Å². The van der Waals surface area contributed by atoms with Gasteiger partial charge in [0.1, 0.15) is 0 Å². The van der Waals surface area contributed by atoms with E-state index in [1.807, 2.05) is 4.90 Å². The van der Waals surface area contributed by atoms with Crippen molar-refractivity contribution in [2.75, 3.05) is 39.8 Å². The van der Waals surface area contributed by atoms with Crippen molar-refractivity contribution in [3.05, 3.63) is 0 Å². The lowest BCUT2D eigenvalue weighted by Crippen LogP contribution is -2.46. The molecule has 1 N–H and O–H groups in total. The molecule has 0 aliphatic carbocycles. The third-order valence-electron chi connectivity index (χ3n) is 4.40. The number of carbonyl (C=O) groups is 1. The third-order valence-corrected chi connectivity index (χ3v) is 4.40. The van der Waals surface area contributed by atoms with E-state index in [9.17, 15) is 4.79 Å². The fourth-order valence-electron chi connectivity index (χ4n) is 3.11. The van der Waals surface area contributed by atoms with E-state index < -0.39 is 0 Å². The quantitative estimate of drug-likeness (QED) is 0.809. The first-order valence-corrected chi connectivity index (χ1v) is 7.36. The van der Waals surface area contributed by atoms with E-state index >= 15 is 0 Å². The average Bonchev–Trinajstić information content (AvgIpc) is 2.89. The van der Waals surface area contributed by atoms with Crippen molar-refractivity contribution in [3.63, 3.8) is 0 Å². The topological polar surface area (TPSA) is 35.6 Å². The molecule has 2 atom stereocenters. The minimum atomic E-state index is 0.281. The first-order valence-electron chi connectivity index (χ1n) is 7.36. The van der Waals surface area contributed by atoms with Gasteiger partial charge in [-0.2, -0.15) is 0 Å². The predicted octanol–water partition coefficient (Wildman–Crippen LogP) is 0.929. The maximum Gasteiger partial charge on any atom is 0.236 e. The molecule has 18 heavy (non-hydrogen) atoms. The Labute approximate surface area is 111 Å². The maximum absolute atomic E-state index is 11.9. The van der Waals surface area contributed by atoms with Gasteiger partial charge in [0.15, 0.2) is 0 Å². The second-order valence-electron chi connectivity index (χ2n) is 5.92. The summed E-state index contributed by atoms with van der Waals surface area (Å²) in [5.74, 6) is 0.971. The van der Waals surface area contributed by atoms with Crippen LogP contribution in [0.1, 0.15) is 32.6 Å². The van der Waals surface area contributed by atoms with Crippen LogP contribution in [0.15, 0.2) is 0 Å². The molecule has 0 bridgehead atoms. The van der Waals surface area contributed by atoms with E-state index in [-0.39, 0.29) is 5.91 Å². The molecule has 2 aliphatic heterocycles. The van der Waals surface area contributed by atoms with Crippen LogP contribution in [-0.4, -0.2) is 61.5 Å². The number of hydrogen-bond acceptors (Lipinski definition) is 3. The van der Waals surface area contributed by atoms with Crippen LogP contribution in [0.5, 0.6) is 0 Å². The molecule has 2 rings (SSSR count). The normalized spacial score (nSPS) is 27.4. The van der Waals surface area contributed by atoms with Crippen molar-refractivity contribution in [2.24, 2.45) is 5.92 Å². The SMILES string of the molecule is CC(NCC(=O)N1CCCC1)C1CCCN(C)C1. The lowest BCUT2D eigenvalue weighted by molar-refractivity contribution is -0.129. The molecule has 2 aliphatic rings. The Hall–Kier alpha value is -0.610. The number of nitrogens with one attached hydrogen (secondary N) is 1. The first-order chi connectivity index (χ1) is 8.66. The van der Waals surface area contributed by atoms with Crippen LogP contribution < -0.4 is 5.32 Å². The molecule has 0 aromatic heterocycles. The van der Waals surface area contributed by atoms with Gasteiger partial charge in [0.05, 0.1) is 6.54 Å². The average molecular weight is 253 g/mol. The minimum absolute atomic E-state index is 0.281.